The van der Waals surface area contributed by atoms with Crippen LogP contribution in [0, 0.1) is 0 Å². The molecule has 1 aromatic carbocycles. The Morgan fingerprint density at radius 2 is 1.93 bits per heavy atom. The summed E-state index contributed by atoms with van der Waals surface area (Å²) in [6.45, 7) is 0.600. The predicted octanol–water partition coefficient (Wildman–Crippen LogP) is 1.43. The second kappa shape index (κ2) is 7.22. The minimum Gasteiger partial charge on any atom is -0.357 e. The van der Waals surface area contributed by atoms with Crippen LogP contribution in [-0.2, 0) is 14.4 Å². The summed E-state index contributed by atoms with van der Waals surface area (Å²) in [5, 5.41) is 10.7. The predicted molar refractivity (Wildman–Crippen MR) is 102 cm³/mol. The van der Waals surface area contributed by atoms with Crippen LogP contribution in [0.3, 0.4) is 0 Å². The van der Waals surface area contributed by atoms with Crippen LogP contribution < -0.4 is 5.32 Å². The van der Waals surface area contributed by atoms with Crippen LogP contribution in [0.25, 0.3) is 11.3 Å². The molecule has 0 saturated heterocycles. The van der Waals surface area contributed by atoms with Gasteiger partial charge in [0.2, 0.25) is 5.91 Å². The van der Waals surface area contributed by atoms with Crippen LogP contribution in [0.5, 0.6) is 0 Å². The molecule has 2 aliphatic rings. The number of amides is 3. The molecule has 4 rings (SSSR count). The average molecular weight is 377 g/mol. The van der Waals surface area contributed by atoms with Crippen LogP contribution in [-0.4, -0.2) is 57.9 Å². The molecule has 2 aromatic rings. The zero-order valence-corrected chi connectivity index (χ0v) is 15.4. The summed E-state index contributed by atoms with van der Waals surface area (Å²) < 4.78 is 0. The largest absolute Gasteiger partial charge is 0.357 e. The molecule has 0 unspecified atom stereocenters. The van der Waals surface area contributed by atoms with E-state index in [0.29, 0.717) is 29.9 Å². The number of benzene rings is 1. The number of hydrogen-bond acceptors (Lipinski definition) is 6. The Kier molecular flexibility index (Phi) is 4.60. The Bertz CT molecular complexity index is 969. The van der Waals surface area contributed by atoms with E-state index >= 15 is 0 Å². The van der Waals surface area contributed by atoms with E-state index < -0.39 is 0 Å². The summed E-state index contributed by atoms with van der Waals surface area (Å²) in [5.74, 6) is -0.832. The molecule has 3 amide bonds. The standard InChI is InChI=1S/C20H19N5O3/c1-24-19(27)15-4-3-11-25(18(15)20(24)28)12-17(26)22-14-8-6-13(7-9-14)16-5-2-10-21-23-16/h2,5-10H,3-4,11-12H2,1H3,(H,22,26). The smallest absolute Gasteiger partial charge is 0.277 e. The van der Waals surface area contributed by atoms with Gasteiger partial charge in [0.1, 0.15) is 5.70 Å². The van der Waals surface area contributed by atoms with Gasteiger partial charge >= 0.3 is 0 Å². The molecule has 8 heteroatoms. The lowest BCUT2D eigenvalue weighted by Crippen LogP contribution is -2.38. The first-order valence-electron chi connectivity index (χ1n) is 9.03. The fourth-order valence-electron chi connectivity index (χ4n) is 3.51. The number of imide groups is 1. The van der Waals surface area contributed by atoms with Crippen molar-refractivity contribution in [3.8, 4) is 11.3 Å². The molecule has 0 saturated carbocycles. The molecule has 0 aliphatic carbocycles. The molecule has 0 bridgehead atoms. The molecular formula is C20H19N5O3. The van der Waals surface area contributed by atoms with Gasteiger partial charge in [0.15, 0.2) is 0 Å². The van der Waals surface area contributed by atoms with Crippen molar-refractivity contribution in [3.05, 3.63) is 53.9 Å². The SMILES string of the molecule is CN1C(=O)C2=C(C1=O)N(CC(=O)Nc1ccc(-c3cccnn3)cc1)CCC2. The van der Waals surface area contributed by atoms with Crippen LogP contribution >= 0.6 is 0 Å². The number of carbonyl (C=O) groups excluding carboxylic acids is 3. The number of rotatable bonds is 4. The van der Waals surface area contributed by atoms with Gasteiger partial charge < -0.3 is 10.2 Å². The van der Waals surface area contributed by atoms with Crippen molar-refractivity contribution in [2.24, 2.45) is 0 Å². The minimum atomic E-state index is -0.333. The highest BCUT2D eigenvalue weighted by Gasteiger charge is 2.40. The molecule has 8 nitrogen and oxygen atoms in total. The van der Waals surface area contributed by atoms with Crippen molar-refractivity contribution in [2.75, 3.05) is 25.5 Å². The Hall–Kier alpha value is -3.55. The molecule has 1 N–H and O–H groups in total. The number of hydrogen-bond donors (Lipinski definition) is 1. The van der Waals surface area contributed by atoms with E-state index in [1.807, 2.05) is 24.3 Å². The van der Waals surface area contributed by atoms with E-state index in [-0.39, 0.29) is 24.3 Å². The fraction of sp³-hybridized carbons (Fsp3) is 0.250. The molecule has 0 spiro atoms. The third-order valence-corrected chi connectivity index (χ3v) is 4.90. The van der Waals surface area contributed by atoms with Crippen molar-refractivity contribution in [2.45, 2.75) is 12.8 Å². The van der Waals surface area contributed by atoms with Crippen molar-refractivity contribution in [1.82, 2.24) is 20.0 Å². The topological polar surface area (TPSA) is 95.5 Å². The summed E-state index contributed by atoms with van der Waals surface area (Å²) in [6, 6.07) is 11.0. The fourth-order valence-corrected chi connectivity index (χ4v) is 3.51. The first kappa shape index (κ1) is 17.8. The van der Waals surface area contributed by atoms with Crippen molar-refractivity contribution in [3.63, 3.8) is 0 Å². The normalized spacial score (nSPS) is 16.5. The van der Waals surface area contributed by atoms with Crippen molar-refractivity contribution < 1.29 is 14.4 Å². The zero-order valence-electron chi connectivity index (χ0n) is 15.4. The van der Waals surface area contributed by atoms with E-state index in [2.05, 4.69) is 15.5 Å². The molecule has 28 heavy (non-hydrogen) atoms. The second-order valence-electron chi connectivity index (χ2n) is 6.76. The first-order valence-corrected chi connectivity index (χ1v) is 9.03. The molecule has 0 atom stereocenters. The van der Waals surface area contributed by atoms with E-state index in [9.17, 15) is 14.4 Å². The number of aromatic nitrogens is 2. The third kappa shape index (κ3) is 3.24. The van der Waals surface area contributed by atoms with Crippen LogP contribution in [0.1, 0.15) is 12.8 Å². The summed E-state index contributed by atoms with van der Waals surface area (Å²) in [5.41, 5.74) is 3.18. The van der Waals surface area contributed by atoms with E-state index in [1.165, 1.54) is 7.05 Å². The number of nitrogens with zero attached hydrogens (tertiary/aromatic N) is 4. The van der Waals surface area contributed by atoms with Crippen LogP contribution in [0.4, 0.5) is 5.69 Å². The van der Waals surface area contributed by atoms with Gasteiger partial charge in [0.25, 0.3) is 11.8 Å². The van der Waals surface area contributed by atoms with Gasteiger partial charge in [-0.25, -0.2) is 0 Å². The van der Waals surface area contributed by atoms with Gasteiger partial charge in [-0.2, -0.15) is 10.2 Å². The lowest BCUT2D eigenvalue weighted by molar-refractivity contribution is -0.136. The van der Waals surface area contributed by atoms with E-state index in [0.717, 1.165) is 22.6 Å². The number of nitrogens with one attached hydrogen (secondary N) is 1. The Morgan fingerprint density at radius 3 is 2.64 bits per heavy atom. The van der Waals surface area contributed by atoms with Gasteiger partial charge in [-0.1, -0.05) is 12.1 Å². The number of likely N-dealkylation sites (N-methyl/N-ethyl adjacent to an activating group) is 1. The maximum atomic E-state index is 12.5. The lowest BCUT2D eigenvalue weighted by Gasteiger charge is -2.28. The molecule has 3 heterocycles. The van der Waals surface area contributed by atoms with E-state index in [4.69, 9.17) is 0 Å². The van der Waals surface area contributed by atoms with Crippen molar-refractivity contribution >= 4 is 23.4 Å². The van der Waals surface area contributed by atoms with E-state index in [1.54, 1.807) is 23.2 Å². The minimum absolute atomic E-state index is 0.0254. The second-order valence-corrected chi connectivity index (χ2v) is 6.76. The molecule has 142 valence electrons. The molecule has 0 fully saturated rings. The Labute approximate surface area is 161 Å². The molecule has 0 radical (unpaired) electrons. The summed E-state index contributed by atoms with van der Waals surface area (Å²) in [6.07, 6.45) is 2.93. The van der Waals surface area contributed by atoms with Gasteiger partial charge in [0, 0.05) is 36.6 Å². The third-order valence-electron chi connectivity index (χ3n) is 4.90. The highest BCUT2D eigenvalue weighted by atomic mass is 16.2. The maximum Gasteiger partial charge on any atom is 0.277 e. The maximum absolute atomic E-state index is 12.5. The average Bonchev–Trinajstić information content (AvgIpc) is 2.94. The molecular weight excluding hydrogens is 358 g/mol. The van der Waals surface area contributed by atoms with Crippen molar-refractivity contribution in [1.29, 1.82) is 0 Å². The Morgan fingerprint density at radius 1 is 1.14 bits per heavy atom. The summed E-state index contributed by atoms with van der Waals surface area (Å²) in [7, 11) is 1.47. The summed E-state index contributed by atoms with van der Waals surface area (Å²) >= 11 is 0. The van der Waals surface area contributed by atoms with Crippen LogP contribution in [0.2, 0.25) is 0 Å². The first-order chi connectivity index (χ1) is 13.5. The monoisotopic (exact) mass is 377 g/mol. The highest BCUT2D eigenvalue weighted by molar-refractivity contribution is 6.19. The highest BCUT2D eigenvalue weighted by Crippen LogP contribution is 2.30. The molecule has 2 aliphatic heterocycles. The van der Waals surface area contributed by atoms with Crippen LogP contribution in [0.15, 0.2) is 53.9 Å². The lowest BCUT2D eigenvalue weighted by atomic mass is 10.0. The zero-order chi connectivity index (χ0) is 19.7. The number of anilines is 1. The quantitative estimate of drug-likeness (QED) is 0.810. The molecule has 1 aromatic heterocycles. The summed E-state index contributed by atoms with van der Waals surface area (Å²) in [4.78, 5) is 39.8. The van der Waals surface area contributed by atoms with Gasteiger partial charge in [-0.05, 0) is 37.1 Å². The van der Waals surface area contributed by atoms with Gasteiger partial charge in [0.05, 0.1) is 12.2 Å². The Balaban J connectivity index is 1.43. The van der Waals surface area contributed by atoms with Gasteiger partial charge in [-0.15, -0.1) is 0 Å². The van der Waals surface area contributed by atoms with Gasteiger partial charge in [-0.3, -0.25) is 19.3 Å². The number of carbonyl (C=O) groups is 3.